The van der Waals surface area contributed by atoms with Crippen LogP contribution in [0.2, 0.25) is 0 Å². The molecular formula is C23H45NS. The topological polar surface area (TPSA) is 3.24 Å². The molecule has 0 saturated heterocycles. The summed E-state index contributed by atoms with van der Waals surface area (Å²) in [5.41, 5.74) is 0. The Hall–Kier alpha value is -0.210. The fourth-order valence-electron chi connectivity index (χ4n) is 2.78. The Bertz CT molecular complexity index is 296. The van der Waals surface area contributed by atoms with Crippen LogP contribution >= 0.6 is 11.8 Å². The minimum Gasteiger partial charge on any atom is -0.309 e. The first-order valence-corrected chi connectivity index (χ1v) is 11.9. The standard InChI is InChI=1S/C23H45NS/c1-4-5-6-7-8-9-10-11-12-13-14-15-16-17-18-19-22-25-23-20-21-24(2)3/h8-9,11-12H,4-7,10,13-23H2,1-3H3/b9-8-,12-11-. The molecule has 0 amide bonds. The Morgan fingerprint density at radius 2 is 1.20 bits per heavy atom. The van der Waals surface area contributed by atoms with E-state index in [-0.39, 0.29) is 0 Å². The van der Waals surface area contributed by atoms with Crippen molar-refractivity contribution < 1.29 is 0 Å². The Balaban J connectivity index is 3.12. The van der Waals surface area contributed by atoms with E-state index < -0.39 is 0 Å². The molecule has 2 heteroatoms. The van der Waals surface area contributed by atoms with Gasteiger partial charge in [0.2, 0.25) is 0 Å². The highest BCUT2D eigenvalue weighted by Crippen LogP contribution is 2.11. The van der Waals surface area contributed by atoms with Gasteiger partial charge in [-0.1, -0.05) is 69.8 Å². The Labute approximate surface area is 163 Å². The highest BCUT2D eigenvalue weighted by atomic mass is 32.2. The average Bonchev–Trinajstić information content (AvgIpc) is 2.60. The maximum Gasteiger partial charge on any atom is -0.00170 e. The third-order valence-electron chi connectivity index (χ3n) is 4.38. The lowest BCUT2D eigenvalue weighted by molar-refractivity contribution is 0.410. The third kappa shape index (κ3) is 23.8. The number of hydrogen-bond acceptors (Lipinski definition) is 2. The van der Waals surface area contributed by atoms with Gasteiger partial charge in [-0.3, -0.25) is 0 Å². The van der Waals surface area contributed by atoms with Gasteiger partial charge in [-0.2, -0.15) is 11.8 Å². The molecule has 25 heavy (non-hydrogen) atoms. The summed E-state index contributed by atoms with van der Waals surface area (Å²) in [4.78, 5) is 2.28. The lowest BCUT2D eigenvalue weighted by Gasteiger charge is -2.08. The quantitative estimate of drug-likeness (QED) is 0.172. The van der Waals surface area contributed by atoms with Crippen molar-refractivity contribution in [1.29, 1.82) is 0 Å². The number of unbranched alkanes of at least 4 members (excludes halogenated alkanes) is 9. The molecule has 148 valence electrons. The van der Waals surface area contributed by atoms with Gasteiger partial charge in [-0.15, -0.1) is 0 Å². The molecular weight excluding hydrogens is 322 g/mol. The summed E-state index contributed by atoms with van der Waals surface area (Å²) in [6, 6.07) is 0. The summed E-state index contributed by atoms with van der Waals surface area (Å²) >= 11 is 2.14. The van der Waals surface area contributed by atoms with Gasteiger partial charge in [0.15, 0.2) is 0 Å². The number of allylic oxidation sites excluding steroid dienone is 4. The molecule has 0 N–H and O–H groups in total. The van der Waals surface area contributed by atoms with Gasteiger partial charge >= 0.3 is 0 Å². The van der Waals surface area contributed by atoms with Crippen LogP contribution in [0.1, 0.15) is 90.4 Å². The van der Waals surface area contributed by atoms with Crippen molar-refractivity contribution in [2.24, 2.45) is 0 Å². The predicted molar refractivity (Wildman–Crippen MR) is 120 cm³/mol. The summed E-state index contributed by atoms with van der Waals surface area (Å²) in [6.07, 6.45) is 26.9. The summed E-state index contributed by atoms with van der Waals surface area (Å²) in [5.74, 6) is 2.70. The molecule has 0 aliphatic rings. The lowest BCUT2D eigenvalue weighted by atomic mass is 10.1. The normalized spacial score (nSPS) is 12.2. The van der Waals surface area contributed by atoms with E-state index >= 15 is 0 Å². The van der Waals surface area contributed by atoms with Crippen molar-refractivity contribution in [1.82, 2.24) is 4.90 Å². The molecule has 0 heterocycles. The first-order chi connectivity index (χ1) is 12.3. The van der Waals surface area contributed by atoms with Crippen LogP contribution in [0.5, 0.6) is 0 Å². The van der Waals surface area contributed by atoms with E-state index in [4.69, 9.17) is 0 Å². The van der Waals surface area contributed by atoms with Crippen molar-refractivity contribution in [3.63, 3.8) is 0 Å². The SMILES string of the molecule is CCCCC/C=C\C/C=C\CCCCCCCCSCCCN(C)C. The lowest BCUT2D eigenvalue weighted by Crippen LogP contribution is -2.13. The monoisotopic (exact) mass is 367 g/mol. The van der Waals surface area contributed by atoms with E-state index in [9.17, 15) is 0 Å². The second kappa shape index (κ2) is 21.8. The van der Waals surface area contributed by atoms with Gasteiger partial charge in [-0.05, 0) is 77.1 Å². The molecule has 0 aromatic rings. The van der Waals surface area contributed by atoms with Crippen molar-refractivity contribution >= 4 is 11.8 Å². The molecule has 0 radical (unpaired) electrons. The van der Waals surface area contributed by atoms with Gasteiger partial charge < -0.3 is 4.90 Å². The number of nitrogens with zero attached hydrogens (tertiary/aromatic N) is 1. The van der Waals surface area contributed by atoms with Crippen molar-refractivity contribution in [3.05, 3.63) is 24.3 Å². The average molecular weight is 368 g/mol. The summed E-state index contributed by atoms with van der Waals surface area (Å²) < 4.78 is 0. The van der Waals surface area contributed by atoms with Crippen molar-refractivity contribution in [2.45, 2.75) is 90.4 Å². The van der Waals surface area contributed by atoms with E-state index in [1.54, 1.807) is 0 Å². The van der Waals surface area contributed by atoms with Crippen LogP contribution in [0.15, 0.2) is 24.3 Å². The van der Waals surface area contributed by atoms with Crippen molar-refractivity contribution in [3.8, 4) is 0 Å². The largest absolute Gasteiger partial charge is 0.309 e. The van der Waals surface area contributed by atoms with E-state index in [1.165, 1.54) is 95.1 Å². The summed E-state index contributed by atoms with van der Waals surface area (Å²) in [7, 11) is 4.32. The predicted octanol–water partition coefficient (Wildman–Crippen LogP) is 7.48. The highest BCUT2D eigenvalue weighted by molar-refractivity contribution is 7.99. The second-order valence-corrected chi connectivity index (χ2v) is 8.58. The molecule has 0 saturated carbocycles. The molecule has 0 atom stereocenters. The van der Waals surface area contributed by atoms with Crippen LogP contribution < -0.4 is 0 Å². The van der Waals surface area contributed by atoms with Crippen LogP contribution in [0.4, 0.5) is 0 Å². The van der Waals surface area contributed by atoms with Crippen molar-refractivity contribution in [2.75, 3.05) is 32.1 Å². The van der Waals surface area contributed by atoms with Gasteiger partial charge in [0.1, 0.15) is 0 Å². The zero-order valence-corrected chi connectivity index (χ0v) is 18.3. The molecule has 0 spiro atoms. The highest BCUT2D eigenvalue weighted by Gasteiger charge is 1.94. The molecule has 0 fully saturated rings. The Morgan fingerprint density at radius 3 is 1.84 bits per heavy atom. The molecule has 0 unspecified atom stereocenters. The molecule has 1 nitrogen and oxygen atoms in total. The Kier molecular flexibility index (Phi) is 21.6. The van der Waals surface area contributed by atoms with Crippen LogP contribution in [0.25, 0.3) is 0 Å². The minimum absolute atomic E-state index is 1.12. The first-order valence-electron chi connectivity index (χ1n) is 10.8. The third-order valence-corrected chi connectivity index (χ3v) is 5.54. The molecule has 0 bridgehead atoms. The zero-order chi connectivity index (χ0) is 18.4. The van der Waals surface area contributed by atoms with E-state index in [0.29, 0.717) is 0 Å². The molecule has 0 aromatic carbocycles. The molecule has 0 rings (SSSR count). The fourth-order valence-corrected chi connectivity index (χ4v) is 3.72. The zero-order valence-electron chi connectivity index (χ0n) is 17.5. The maximum atomic E-state index is 2.38. The second-order valence-electron chi connectivity index (χ2n) is 7.35. The van der Waals surface area contributed by atoms with Gasteiger partial charge in [0, 0.05) is 0 Å². The van der Waals surface area contributed by atoms with Gasteiger partial charge in [0.25, 0.3) is 0 Å². The minimum atomic E-state index is 1.12. The van der Waals surface area contributed by atoms with E-state index in [0.717, 1.165) is 6.42 Å². The van der Waals surface area contributed by atoms with Crippen LogP contribution in [0, 0.1) is 0 Å². The number of rotatable bonds is 19. The van der Waals surface area contributed by atoms with Crippen LogP contribution in [0.3, 0.4) is 0 Å². The summed E-state index contributed by atoms with van der Waals surface area (Å²) in [6.45, 7) is 3.50. The van der Waals surface area contributed by atoms with E-state index in [1.807, 2.05) is 0 Å². The smallest absolute Gasteiger partial charge is 0.00170 e. The van der Waals surface area contributed by atoms with Gasteiger partial charge in [0.05, 0.1) is 0 Å². The summed E-state index contributed by atoms with van der Waals surface area (Å²) in [5, 5.41) is 0. The first kappa shape index (κ1) is 24.8. The molecule has 0 aliphatic heterocycles. The maximum absolute atomic E-state index is 2.38. The van der Waals surface area contributed by atoms with Gasteiger partial charge in [-0.25, -0.2) is 0 Å². The number of hydrogen-bond donors (Lipinski definition) is 0. The van der Waals surface area contributed by atoms with Crippen LogP contribution in [-0.2, 0) is 0 Å². The molecule has 0 aromatic heterocycles. The van der Waals surface area contributed by atoms with Crippen LogP contribution in [-0.4, -0.2) is 37.0 Å². The van der Waals surface area contributed by atoms with E-state index in [2.05, 4.69) is 62.0 Å². The molecule has 0 aliphatic carbocycles. The number of thioether (sulfide) groups is 1. The Morgan fingerprint density at radius 1 is 0.640 bits per heavy atom. The fraction of sp³-hybridized carbons (Fsp3) is 0.826.